The Kier molecular flexibility index (Phi) is 7.07. The molecule has 1 saturated heterocycles. The van der Waals surface area contributed by atoms with Gasteiger partial charge in [-0.15, -0.1) is 0 Å². The van der Waals surface area contributed by atoms with Crippen LogP contribution in [0.4, 0.5) is 11.4 Å². The predicted molar refractivity (Wildman–Crippen MR) is 130 cm³/mol. The molecule has 5 nitrogen and oxygen atoms in total. The molecule has 1 aliphatic heterocycles. The van der Waals surface area contributed by atoms with Crippen molar-refractivity contribution >= 4 is 17.3 Å². The first kappa shape index (κ1) is 21.9. The summed E-state index contributed by atoms with van der Waals surface area (Å²) in [6, 6.07) is 24.7. The summed E-state index contributed by atoms with van der Waals surface area (Å²) in [5, 5.41) is 3.00. The second-order valence-electron chi connectivity index (χ2n) is 8.32. The van der Waals surface area contributed by atoms with E-state index in [0.717, 1.165) is 55.3 Å². The van der Waals surface area contributed by atoms with Gasteiger partial charge in [0.1, 0.15) is 5.75 Å². The van der Waals surface area contributed by atoms with Crippen molar-refractivity contribution < 1.29 is 9.53 Å². The van der Waals surface area contributed by atoms with E-state index in [1.165, 1.54) is 11.3 Å². The van der Waals surface area contributed by atoms with E-state index in [-0.39, 0.29) is 5.91 Å². The summed E-state index contributed by atoms with van der Waals surface area (Å²) in [7, 11) is 1.65. The SMILES string of the molecule is COc1cc(CC(=O)Nc2ccc(N3CCN(Cc4ccccc4)CC3)cc2)ccc1C. The van der Waals surface area contributed by atoms with Crippen LogP contribution in [0.25, 0.3) is 0 Å². The third kappa shape index (κ3) is 5.68. The molecule has 0 spiro atoms. The highest BCUT2D eigenvalue weighted by Crippen LogP contribution is 2.22. The van der Waals surface area contributed by atoms with Crippen LogP contribution in [0.15, 0.2) is 72.8 Å². The van der Waals surface area contributed by atoms with Crippen LogP contribution in [0.5, 0.6) is 5.75 Å². The number of benzene rings is 3. The largest absolute Gasteiger partial charge is 0.496 e. The van der Waals surface area contributed by atoms with Crippen LogP contribution in [0.1, 0.15) is 16.7 Å². The van der Waals surface area contributed by atoms with Gasteiger partial charge < -0.3 is 15.0 Å². The molecule has 5 heteroatoms. The Labute approximate surface area is 190 Å². The Balaban J connectivity index is 1.27. The second kappa shape index (κ2) is 10.3. The average Bonchev–Trinajstić information content (AvgIpc) is 2.82. The highest BCUT2D eigenvalue weighted by Gasteiger charge is 2.17. The van der Waals surface area contributed by atoms with Crippen molar-refractivity contribution in [1.29, 1.82) is 0 Å². The lowest BCUT2D eigenvalue weighted by molar-refractivity contribution is -0.115. The molecule has 32 heavy (non-hydrogen) atoms. The van der Waals surface area contributed by atoms with Crippen LogP contribution in [0.3, 0.4) is 0 Å². The average molecular weight is 430 g/mol. The van der Waals surface area contributed by atoms with Crippen molar-refractivity contribution in [2.45, 2.75) is 19.9 Å². The number of hydrogen-bond donors (Lipinski definition) is 1. The molecule has 166 valence electrons. The number of amides is 1. The van der Waals surface area contributed by atoms with Crippen LogP contribution in [-0.4, -0.2) is 44.1 Å². The van der Waals surface area contributed by atoms with Gasteiger partial charge in [0.25, 0.3) is 0 Å². The molecule has 0 unspecified atom stereocenters. The number of anilines is 2. The lowest BCUT2D eigenvalue weighted by atomic mass is 10.1. The number of aryl methyl sites for hydroxylation is 1. The number of carbonyl (C=O) groups is 1. The highest BCUT2D eigenvalue weighted by molar-refractivity contribution is 5.92. The van der Waals surface area contributed by atoms with E-state index in [1.807, 2.05) is 37.3 Å². The van der Waals surface area contributed by atoms with Gasteiger partial charge in [0.2, 0.25) is 5.91 Å². The summed E-state index contributed by atoms with van der Waals surface area (Å²) >= 11 is 0. The van der Waals surface area contributed by atoms with E-state index in [1.54, 1.807) is 7.11 Å². The number of hydrogen-bond acceptors (Lipinski definition) is 4. The van der Waals surface area contributed by atoms with E-state index in [4.69, 9.17) is 4.74 Å². The number of nitrogens with zero attached hydrogens (tertiary/aromatic N) is 2. The van der Waals surface area contributed by atoms with Crippen molar-refractivity contribution in [3.63, 3.8) is 0 Å². The first-order chi connectivity index (χ1) is 15.6. The van der Waals surface area contributed by atoms with Gasteiger partial charge in [0, 0.05) is 44.1 Å². The number of ether oxygens (including phenoxy) is 1. The summed E-state index contributed by atoms with van der Waals surface area (Å²) in [5.41, 5.74) is 5.39. The van der Waals surface area contributed by atoms with Crippen LogP contribution in [0.2, 0.25) is 0 Å². The molecule has 1 amide bonds. The van der Waals surface area contributed by atoms with Gasteiger partial charge in [-0.1, -0.05) is 42.5 Å². The summed E-state index contributed by atoms with van der Waals surface area (Å²) in [4.78, 5) is 17.4. The molecule has 1 heterocycles. The van der Waals surface area contributed by atoms with E-state index >= 15 is 0 Å². The van der Waals surface area contributed by atoms with Crippen molar-refractivity contribution in [3.05, 3.63) is 89.5 Å². The number of carbonyl (C=O) groups excluding carboxylic acids is 1. The Morgan fingerprint density at radius 2 is 1.62 bits per heavy atom. The van der Waals surface area contributed by atoms with Gasteiger partial charge in [-0.3, -0.25) is 9.69 Å². The predicted octanol–water partition coefficient (Wildman–Crippen LogP) is 4.51. The van der Waals surface area contributed by atoms with Crippen molar-refractivity contribution in [2.75, 3.05) is 43.5 Å². The third-order valence-corrected chi connectivity index (χ3v) is 5.97. The van der Waals surface area contributed by atoms with Gasteiger partial charge >= 0.3 is 0 Å². The minimum absolute atomic E-state index is 0.0295. The number of nitrogens with one attached hydrogen (secondary N) is 1. The zero-order chi connectivity index (χ0) is 22.3. The molecule has 3 aromatic rings. The fourth-order valence-electron chi connectivity index (χ4n) is 4.13. The fraction of sp³-hybridized carbons (Fsp3) is 0.296. The van der Waals surface area contributed by atoms with E-state index in [9.17, 15) is 4.79 Å². The maximum absolute atomic E-state index is 12.5. The lowest BCUT2D eigenvalue weighted by Gasteiger charge is -2.36. The Bertz CT molecular complexity index is 1030. The normalized spacial score (nSPS) is 14.2. The minimum Gasteiger partial charge on any atom is -0.496 e. The van der Waals surface area contributed by atoms with E-state index in [0.29, 0.717) is 6.42 Å². The first-order valence-corrected chi connectivity index (χ1v) is 11.2. The fourth-order valence-corrected chi connectivity index (χ4v) is 4.13. The maximum Gasteiger partial charge on any atom is 0.228 e. The van der Waals surface area contributed by atoms with E-state index < -0.39 is 0 Å². The second-order valence-corrected chi connectivity index (χ2v) is 8.32. The molecule has 4 rings (SSSR count). The number of methoxy groups -OCH3 is 1. The van der Waals surface area contributed by atoms with Crippen molar-refractivity contribution in [2.24, 2.45) is 0 Å². The zero-order valence-corrected chi connectivity index (χ0v) is 18.9. The monoisotopic (exact) mass is 429 g/mol. The minimum atomic E-state index is -0.0295. The molecule has 1 aliphatic rings. The van der Waals surface area contributed by atoms with Gasteiger partial charge in [-0.05, 0) is 53.9 Å². The third-order valence-electron chi connectivity index (χ3n) is 5.97. The lowest BCUT2D eigenvalue weighted by Crippen LogP contribution is -2.45. The summed E-state index contributed by atoms with van der Waals surface area (Å²) in [6.45, 7) is 7.11. The molecule has 0 saturated carbocycles. The molecule has 0 radical (unpaired) electrons. The quantitative estimate of drug-likeness (QED) is 0.600. The standard InChI is InChI=1S/C27H31N3O2/c1-21-8-9-23(18-26(21)32-2)19-27(31)28-24-10-12-25(13-11-24)30-16-14-29(15-17-30)20-22-6-4-3-5-7-22/h3-13,18H,14-17,19-20H2,1-2H3,(H,28,31). The smallest absolute Gasteiger partial charge is 0.228 e. The molecule has 0 aliphatic carbocycles. The van der Waals surface area contributed by atoms with Gasteiger partial charge in [0.05, 0.1) is 13.5 Å². The van der Waals surface area contributed by atoms with Crippen LogP contribution in [-0.2, 0) is 17.8 Å². The van der Waals surface area contributed by atoms with Crippen molar-refractivity contribution in [1.82, 2.24) is 4.90 Å². The molecule has 0 aromatic heterocycles. The first-order valence-electron chi connectivity index (χ1n) is 11.2. The summed E-state index contributed by atoms with van der Waals surface area (Å²) in [6.07, 6.45) is 0.321. The van der Waals surface area contributed by atoms with Gasteiger partial charge in [0.15, 0.2) is 0 Å². The van der Waals surface area contributed by atoms with Crippen LogP contribution < -0.4 is 15.0 Å². The van der Waals surface area contributed by atoms with Gasteiger partial charge in [-0.25, -0.2) is 0 Å². The van der Waals surface area contributed by atoms with Gasteiger partial charge in [-0.2, -0.15) is 0 Å². The molecule has 3 aromatic carbocycles. The summed E-state index contributed by atoms with van der Waals surface area (Å²) in [5.74, 6) is 0.779. The highest BCUT2D eigenvalue weighted by atomic mass is 16.5. The van der Waals surface area contributed by atoms with Crippen molar-refractivity contribution in [3.8, 4) is 5.75 Å². The number of rotatable bonds is 7. The Morgan fingerprint density at radius 3 is 2.31 bits per heavy atom. The van der Waals surface area contributed by atoms with E-state index in [2.05, 4.69) is 57.6 Å². The number of piperazine rings is 1. The zero-order valence-electron chi connectivity index (χ0n) is 18.9. The molecular weight excluding hydrogens is 398 g/mol. The molecule has 1 fully saturated rings. The van der Waals surface area contributed by atoms with Crippen LogP contribution in [0, 0.1) is 6.92 Å². The molecule has 0 atom stereocenters. The van der Waals surface area contributed by atoms with Crippen LogP contribution >= 0.6 is 0 Å². The maximum atomic E-state index is 12.5. The Hall–Kier alpha value is -3.31. The molecule has 1 N–H and O–H groups in total. The topological polar surface area (TPSA) is 44.8 Å². The Morgan fingerprint density at radius 1 is 0.906 bits per heavy atom. The molecule has 0 bridgehead atoms. The summed E-state index contributed by atoms with van der Waals surface area (Å²) < 4.78 is 5.35. The molecular formula is C27H31N3O2.